The average Bonchev–Trinajstić information content (AvgIpc) is 3.11. The number of thiophene rings is 1. The van der Waals surface area contributed by atoms with Gasteiger partial charge in [0.25, 0.3) is 5.56 Å². The second-order valence-electron chi connectivity index (χ2n) is 7.41. The molecule has 0 aliphatic carbocycles. The minimum atomic E-state index is -0.413. The van der Waals surface area contributed by atoms with Crippen molar-refractivity contribution in [1.82, 2.24) is 14.9 Å². The summed E-state index contributed by atoms with van der Waals surface area (Å²) in [6, 6.07) is 8.08. The van der Waals surface area contributed by atoms with Crippen molar-refractivity contribution in [2.45, 2.75) is 45.8 Å². The molecule has 1 unspecified atom stereocenters. The molecule has 0 fully saturated rings. The summed E-state index contributed by atoms with van der Waals surface area (Å²) < 4.78 is 0. The van der Waals surface area contributed by atoms with Gasteiger partial charge in [-0.1, -0.05) is 37.3 Å². The Morgan fingerprint density at radius 2 is 2.14 bits per heavy atom. The Balaban J connectivity index is 1.86. The van der Waals surface area contributed by atoms with E-state index in [-0.39, 0.29) is 5.56 Å². The molecule has 2 aromatic heterocycles. The summed E-state index contributed by atoms with van der Waals surface area (Å²) in [7, 11) is 0. The molecule has 0 saturated heterocycles. The van der Waals surface area contributed by atoms with Crippen LogP contribution in [-0.2, 0) is 6.54 Å². The molecule has 0 amide bonds. The minimum Gasteiger partial charge on any atom is -0.392 e. The second-order valence-corrected chi connectivity index (χ2v) is 8.27. The Morgan fingerprint density at radius 3 is 2.86 bits per heavy atom. The van der Waals surface area contributed by atoms with Gasteiger partial charge < -0.3 is 10.1 Å². The fourth-order valence-corrected chi connectivity index (χ4v) is 4.56. The maximum atomic E-state index is 12.9. The summed E-state index contributed by atoms with van der Waals surface area (Å²) in [5.74, 6) is 0.644. The van der Waals surface area contributed by atoms with Crippen LogP contribution in [0.5, 0.6) is 0 Å². The lowest BCUT2D eigenvalue weighted by Gasteiger charge is -2.24. The molecule has 0 aliphatic rings. The van der Waals surface area contributed by atoms with Crippen LogP contribution >= 0.6 is 11.3 Å². The molecule has 0 radical (unpaired) electrons. The quantitative estimate of drug-likeness (QED) is 0.482. The van der Waals surface area contributed by atoms with Crippen LogP contribution < -0.4 is 5.56 Å². The highest BCUT2D eigenvalue weighted by Crippen LogP contribution is 2.32. The third kappa shape index (κ3) is 5.21. The number of nitrogens with one attached hydrogen (secondary N) is 1. The molecule has 6 heteroatoms. The molecule has 3 aromatic rings. The van der Waals surface area contributed by atoms with Crippen molar-refractivity contribution in [3.63, 3.8) is 0 Å². The lowest BCUT2D eigenvalue weighted by atomic mass is 10.0. The van der Waals surface area contributed by atoms with Gasteiger partial charge in [0.05, 0.1) is 18.0 Å². The van der Waals surface area contributed by atoms with Crippen LogP contribution in [0.3, 0.4) is 0 Å². The smallest absolute Gasteiger partial charge is 0.260 e. The average molecular weight is 412 g/mol. The van der Waals surface area contributed by atoms with Gasteiger partial charge in [-0.2, -0.15) is 0 Å². The number of aryl methyl sites for hydroxylation is 1. The largest absolute Gasteiger partial charge is 0.392 e. The minimum absolute atomic E-state index is 0.104. The van der Waals surface area contributed by atoms with E-state index in [1.165, 1.54) is 11.3 Å². The Labute approximate surface area is 175 Å². The van der Waals surface area contributed by atoms with Crippen LogP contribution in [0.4, 0.5) is 0 Å². The third-order valence-electron chi connectivity index (χ3n) is 5.01. The van der Waals surface area contributed by atoms with E-state index in [2.05, 4.69) is 36.4 Å². The zero-order valence-electron chi connectivity index (χ0n) is 17.1. The van der Waals surface area contributed by atoms with Crippen molar-refractivity contribution in [1.29, 1.82) is 0 Å². The first-order valence-corrected chi connectivity index (χ1v) is 11.0. The van der Waals surface area contributed by atoms with Crippen molar-refractivity contribution in [3.8, 4) is 11.1 Å². The number of hydrogen-bond acceptors (Lipinski definition) is 5. The van der Waals surface area contributed by atoms with Gasteiger partial charge in [-0.15, -0.1) is 17.9 Å². The molecule has 0 spiro atoms. The van der Waals surface area contributed by atoms with Crippen LogP contribution in [0.2, 0.25) is 0 Å². The van der Waals surface area contributed by atoms with E-state index in [9.17, 15) is 9.90 Å². The van der Waals surface area contributed by atoms with E-state index < -0.39 is 6.10 Å². The first kappa shape index (κ1) is 21.4. The fraction of sp³-hybridized carbons (Fsp3) is 0.391. The van der Waals surface area contributed by atoms with Crippen molar-refractivity contribution < 1.29 is 5.11 Å². The molecule has 5 nitrogen and oxygen atoms in total. The summed E-state index contributed by atoms with van der Waals surface area (Å²) in [6.45, 7) is 9.78. The van der Waals surface area contributed by atoms with Crippen molar-refractivity contribution in [3.05, 3.63) is 64.0 Å². The number of fused-ring (bicyclic) bond motifs is 1. The molecule has 1 aromatic carbocycles. The number of nitrogens with zero attached hydrogens (tertiary/aromatic N) is 2. The summed E-state index contributed by atoms with van der Waals surface area (Å²) in [4.78, 5) is 23.5. The molecule has 3 rings (SSSR count). The summed E-state index contributed by atoms with van der Waals surface area (Å²) in [5, 5.41) is 12.9. The highest BCUT2D eigenvalue weighted by atomic mass is 32.1. The molecule has 29 heavy (non-hydrogen) atoms. The van der Waals surface area contributed by atoms with Crippen LogP contribution in [0, 0.1) is 6.92 Å². The molecule has 0 bridgehead atoms. The van der Waals surface area contributed by atoms with Crippen LogP contribution in [0.15, 0.2) is 47.1 Å². The normalized spacial score (nSPS) is 12.6. The molecule has 2 heterocycles. The van der Waals surface area contributed by atoms with Gasteiger partial charge in [-0.05, 0) is 43.9 Å². The predicted molar refractivity (Wildman–Crippen MR) is 121 cm³/mol. The molecule has 1 atom stereocenters. The van der Waals surface area contributed by atoms with Gasteiger partial charge in [0, 0.05) is 17.5 Å². The van der Waals surface area contributed by atoms with Gasteiger partial charge in [0.1, 0.15) is 10.7 Å². The lowest BCUT2D eigenvalue weighted by Crippen LogP contribution is -2.33. The highest BCUT2D eigenvalue weighted by molar-refractivity contribution is 7.17. The van der Waals surface area contributed by atoms with Crippen LogP contribution in [0.25, 0.3) is 21.3 Å². The number of hydrogen-bond donors (Lipinski definition) is 2. The standard InChI is InChI=1S/C23H29N3O2S/c1-4-6-10-17(27)13-26(12-5-2)14-20-24-22(28)21-19(15-29-23(21)25-20)18-11-8-7-9-16(18)3/h4,7-9,11,15,17,27H,1,5-6,10,12-14H2,2-3H3,(H,24,25,28). The Bertz CT molecular complexity index is 1020. The van der Waals surface area contributed by atoms with Crippen molar-refractivity contribution >= 4 is 21.6 Å². The van der Waals surface area contributed by atoms with E-state index in [1.54, 1.807) is 0 Å². The van der Waals surface area contributed by atoms with Crippen molar-refractivity contribution in [2.24, 2.45) is 0 Å². The Morgan fingerprint density at radius 1 is 1.34 bits per heavy atom. The van der Waals surface area contributed by atoms with E-state index in [1.807, 2.05) is 29.7 Å². The molecule has 154 valence electrons. The third-order valence-corrected chi connectivity index (χ3v) is 5.89. The van der Waals surface area contributed by atoms with Gasteiger partial charge >= 0.3 is 0 Å². The van der Waals surface area contributed by atoms with Crippen LogP contribution in [0.1, 0.15) is 37.6 Å². The summed E-state index contributed by atoms with van der Waals surface area (Å²) in [6.07, 6.45) is 3.86. The number of aromatic nitrogens is 2. The zero-order chi connectivity index (χ0) is 20.8. The number of aliphatic hydroxyl groups is 1. The van der Waals surface area contributed by atoms with Crippen molar-refractivity contribution in [2.75, 3.05) is 13.1 Å². The van der Waals surface area contributed by atoms with Gasteiger partial charge in [-0.3, -0.25) is 9.69 Å². The first-order chi connectivity index (χ1) is 14.0. The van der Waals surface area contributed by atoms with Crippen LogP contribution in [-0.4, -0.2) is 39.2 Å². The van der Waals surface area contributed by atoms with Gasteiger partial charge in [0.2, 0.25) is 0 Å². The molecule has 2 N–H and O–H groups in total. The maximum Gasteiger partial charge on any atom is 0.260 e. The number of aromatic amines is 1. The molecule has 0 aliphatic heterocycles. The SMILES string of the molecule is C=CCCC(O)CN(CCC)Cc1nc2scc(-c3ccccc3C)c2c(=O)[nH]1. The van der Waals surface area contributed by atoms with Gasteiger partial charge in [0.15, 0.2) is 0 Å². The fourth-order valence-electron chi connectivity index (χ4n) is 3.60. The molecular weight excluding hydrogens is 382 g/mol. The molecular formula is C23H29N3O2S. The zero-order valence-corrected chi connectivity index (χ0v) is 18.0. The monoisotopic (exact) mass is 411 g/mol. The highest BCUT2D eigenvalue weighted by Gasteiger charge is 2.17. The van der Waals surface area contributed by atoms with E-state index in [0.29, 0.717) is 30.7 Å². The number of allylic oxidation sites excluding steroid dienone is 1. The number of rotatable bonds is 10. The topological polar surface area (TPSA) is 69.2 Å². The molecule has 0 saturated carbocycles. The van der Waals surface area contributed by atoms with E-state index >= 15 is 0 Å². The second kappa shape index (κ2) is 9.96. The summed E-state index contributed by atoms with van der Waals surface area (Å²) in [5.41, 5.74) is 3.04. The number of benzene rings is 1. The number of aliphatic hydroxyl groups excluding tert-OH is 1. The first-order valence-electron chi connectivity index (χ1n) is 10.1. The number of H-pyrrole nitrogens is 1. The van der Waals surface area contributed by atoms with Gasteiger partial charge in [-0.25, -0.2) is 4.98 Å². The maximum absolute atomic E-state index is 12.9. The van der Waals surface area contributed by atoms with E-state index in [4.69, 9.17) is 4.98 Å². The lowest BCUT2D eigenvalue weighted by molar-refractivity contribution is 0.101. The Hall–Kier alpha value is -2.28. The summed E-state index contributed by atoms with van der Waals surface area (Å²) >= 11 is 1.50. The van der Waals surface area contributed by atoms with E-state index in [0.717, 1.165) is 40.9 Å². The Kier molecular flexibility index (Phi) is 7.36. The predicted octanol–water partition coefficient (Wildman–Crippen LogP) is 4.50.